The Morgan fingerprint density at radius 3 is 2.54 bits per heavy atom. The van der Waals surface area contributed by atoms with Crippen molar-refractivity contribution < 1.29 is 19.4 Å². The van der Waals surface area contributed by atoms with E-state index in [2.05, 4.69) is 0 Å². The Labute approximate surface area is 173 Å². The minimum atomic E-state index is -1.16. The molecule has 1 N–H and O–H groups in total. The molecule has 0 saturated carbocycles. The zero-order valence-electron chi connectivity index (χ0n) is 15.4. The zero-order chi connectivity index (χ0) is 20.3. The second kappa shape index (κ2) is 8.58. The highest BCUT2D eigenvalue weighted by atomic mass is 32.2. The lowest BCUT2D eigenvalue weighted by Gasteiger charge is -2.23. The van der Waals surface area contributed by atoms with E-state index in [0.29, 0.717) is 16.2 Å². The molecule has 3 rings (SSSR count). The number of rotatable bonds is 6. The summed E-state index contributed by atoms with van der Waals surface area (Å²) in [7, 11) is 0. The summed E-state index contributed by atoms with van der Waals surface area (Å²) in [5.41, 5.74) is 1.28. The summed E-state index contributed by atoms with van der Waals surface area (Å²) in [6.07, 6.45) is 1.74. The molecule has 1 fully saturated rings. The van der Waals surface area contributed by atoms with Gasteiger partial charge in [0.1, 0.15) is 10.1 Å². The number of ether oxygens (including phenoxy) is 1. The maximum absolute atomic E-state index is 13.0. The van der Waals surface area contributed by atoms with Crippen LogP contribution in [0, 0.1) is 0 Å². The number of nitrogens with zero attached hydrogens (tertiary/aromatic N) is 1. The quantitative estimate of drug-likeness (QED) is 0.556. The van der Waals surface area contributed by atoms with Gasteiger partial charge in [0.2, 0.25) is 0 Å². The molecule has 5 nitrogen and oxygen atoms in total. The summed E-state index contributed by atoms with van der Waals surface area (Å²) in [5.74, 6) is -0.843. The molecule has 1 atom stereocenters. The third-order valence-corrected chi connectivity index (χ3v) is 5.29. The summed E-state index contributed by atoms with van der Waals surface area (Å²) in [6, 6.07) is 14.8. The van der Waals surface area contributed by atoms with Crippen LogP contribution in [0.2, 0.25) is 0 Å². The van der Waals surface area contributed by atoms with Crippen LogP contribution in [0.15, 0.2) is 59.5 Å². The minimum absolute atomic E-state index is 0.0376. The molecule has 0 spiro atoms. The molecule has 2 aromatic carbocycles. The van der Waals surface area contributed by atoms with Crippen LogP contribution < -0.4 is 4.74 Å². The van der Waals surface area contributed by atoms with Crippen LogP contribution in [0.5, 0.6) is 5.75 Å². The molecule has 7 heteroatoms. The average Bonchev–Trinajstić information content (AvgIpc) is 2.90. The highest BCUT2D eigenvalue weighted by Crippen LogP contribution is 2.38. The Hall–Kier alpha value is -2.64. The lowest BCUT2D eigenvalue weighted by molar-refractivity contribution is -0.145. The predicted molar refractivity (Wildman–Crippen MR) is 114 cm³/mol. The Morgan fingerprint density at radius 1 is 1.18 bits per heavy atom. The van der Waals surface area contributed by atoms with Crippen molar-refractivity contribution in [2.45, 2.75) is 26.0 Å². The standard InChI is InChI=1S/C21H19NO4S2/c1-13(2)26-16-10-6-7-14(11-16)12-17-19(23)22(21(27)28-17)18(20(24)25)15-8-4-3-5-9-15/h3-13,18H,1-2H3,(H,24,25)/b17-12+. The molecular formula is C21H19NO4S2. The van der Waals surface area contributed by atoms with E-state index in [0.717, 1.165) is 22.2 Å². The van der Waals surface area contributed by atoms with E-state index in [-0.39, 0.29) is 10.4 Å². The molecule has 0 aromatic heterocycles. The van der Waals surface area contributed by atoms with E-state index < -0.39 is 17.9 Å². The van der Waals surface area contributed by atoms with Crippen molar-refractivity contribution in [3.8, 4) is 5.75 Å². The maximum atomic E-state index is 13.0. The molecule has 144 valence electrons. The van der Waals surface area contributed by atoms with E-state index in [9.17, 15) is 14.7 Å². The first-order chi connectivity index (χ1) is 13.4. The Bertz CT molecular complexity index is 940. The lowest BCUT2D eigenvalue weighted by Crippen LogP contribution is -2.37. The van der Waals surface area contributed by atoms with E-state index in [1.54, 1.807) is 36.4 Å². The Balaban J connectivity index is 1.91. The van der Waals surface area contributed by atoms with Crippen molar-refractivity contribution in [2.75, 3.05) is 0 Å². The Kier molecular flexibility index (Phi) is 6.16. The fourth-order valence-corrected chi connectivity index (χ4v) is 4.15. The van der Waals surface area contributed by atoms with Crippen LogP contribution in [0.25, 0.3) is 6.08 Å². The van der Waals surface area contributed by atoms with Gasteiger partial charge in [0.15, 0.2) is 6.04 Å². The largest absolute Gasteiger partial charge is 0.491 e. The highest BCUT2D eigenvalue weighted by Gasteiger charge is 2.41. The summed E-state index contributed by atoms with van der Waals surface area (Å²) in [5, 5.41) is 9.72. The predicted octanol–water partition coefficient (Wildman–Crippen LogP) is 4.50. The average molecular weight is 414 g/mol. The molecule has 1 aliphatic heterocycles. The van der Waals surface area contributed by atoms with Gasteiger partial charge in [-0.15, -0.1) is 0 Å². The molecule has 0 radical (unpaired) electrons. The summed E-state index contributed by atoms with van der Waals surface area (Å²) in [6.45, 7) is 3.88. The van der Waals surface area contributed by atoms with Gasteiger partial charge in [0.05, 0.1) is 11.0 Å². The number of carbonyl (C=O) groups is 2. The van der Waals surface area contributed by atoms with Crippen LogP contribution in [-0.2, 0) is 9.59 Å². The first-order valence-corrected chi connectivity index (χ1v) is 9.91. The van der Waals surface area contributed by atoms with Crippen LogP contribution >= 0.6 is 24.0 Å². The number of carbonyl (C=O) groups excluding carboxylic acids is 1. The molecule has 1 saturated heterocycles. The molecule has 0 aliphatic carbocycles. The van der Waals surface area contributed by atoms with Gasteiger partial charge in [-0.1, -0.05) is 66.4 Å². The fraction of sp³-hybridized carbons (Fsp3) is 0.190. The van der Waals surface area contributed by atoms with Crippen LogP contribution in [0.3, 0.4) is 0 Å². The molecule has 0 bridgehead atoms. The molecule has 1 amide bonds. The van der Waals surface area contributed by atoms with Crippen molar-refractivity contribution in [1.82, 2.24) is 4.90 Å². The number of hydrogen-bond donors (Lipinski definition) is 1. The van der Waals surface area contributed by atoms with Crippen LogP contribution in [-0.4, -0.2) is 32.3 Å². The van der Waals surface area contributed by atoms with E-state index >= 15 is 0 Å². The number of thioether (sulfide) groups is 1. The van der Waals surface area contributed by atoms with Crippen molar-refractivity contribution >= 4 is 46.3 Å². The fourth-order valence-electron chi connectivity index (χ4n) is 2.84. The highest BCUT2D eigenvalue weighted by molar-refractivity contribution is 8.26. The van der Waals surface area contributed by atoms with Crippen molar-refractivity contribution in [3.63, 3.8) is 0 Å². The van der Waals surface area contributed by atoms with Gasteiger partial charge in [0.25, 0.3) is 5.91 Å². The Morgan fingerprint density at radius 2 is 1.89 bits per heavy atom. The molecule has 1 heterocycles. The smallest absolute Gasteiger partial charge is 0.331 e. The van der Waals surface area contributed by atoms with Gasteiger partial charge < -0.3 is 9.84 Å². The van der Waals surface area contributed by atoms with Gasteiger partial charge in [-0.25, -0.2) is 4.79 Å². The number of carboxylic acid groups (broad SMARTS) is 1. The maximum Gasteiger partial charge on any atom is 0.331 e. The molecule has 2 aromatic rings. The molecular weight excluding hydrogens is 394 g/mol. The monoisotopic (exact) mass is 413 g/mol. The third-order valence-electron chi connectivity index (χ3n) is 3.96. The number of carboxylic acids is 1. The number of hydrogen-bond acceptors (Lipinski definition) is 5. The van der Waals surface area contributed by atoms with Gasteiger partial charge in [0, 0.05) is 0 Å². The van der Waals surface area contributed by atoms with Gasteiger partial charge >= 0.3 is 5.97 Å². The van der Waals surface area contributed by atoms with E-state index in [4.69, 9.17) is 17.0 Å². The van der Waals surface area contributed by atoms with Crippen molar-refractivity contribution in [1.29, 1.82) is 0 Å². The molecule has 28 heavy (non-hydrogen) atoms. The first-order valence-electron chi connectivity index (χ1n) is 8.68. The van der Waals surface area contributed by atoms with E-state index in [1.165, 1.54) is 0 Å². The topological polar surface area (TPSA) is 66.8 Å². The van der Waals surface area contributed by atoms with Crippen LogP contribution in [0.4, 0.5) is 0 Å². The van der Waals surface area contributed by atoms with Crippen molar-refractivity contribution in [2.24, 2.45) is 0 Å². The van der Waals surface area contributed by atoms with Crippen LogP contribution in [0.1, 0.15) is 31.0 Å². The van der Waals surface area contributed by atoms with Crippen molar-refractivity contribution in [3.05, 3.63) is 70.6 Å². The van der Waals surface area contributed by atoms with E-state index in [1.807, 2.05) is 38.1 Å². The summed E-state index contributed by atoms with van der Waals surface area (Å²) < 4.78 is 5.91. The minimum Gasteiger partial charge on any atom is -0.491 e. The second-order valence-electron chi connectivity index (χ2n) is 6.44. The van der Waals surface area contributed by atoms with Gasteiger partial charge in [-0.3, -0.25) is 9.69 Å². The van der Waals surface area contributed by atoms with Gasteiger partial charge in [-0.2, -0.15) is 0 Å². The normalized spacial score (nSPS) is 16.7. The lowest BCUT2D eigenvalue weighted by atomic mass is 10.1. The second-order valence-corrected chi connectivity index (χ2v) is 8.12. The molecule has 1 aliphatic rings. The summed E-state index contributed by atoms with van der Waals surface area (Å²) in [4.78, 5) is 26.4. The van der Waals surface area contributed by atoms with Gasteiger partial charge in [-0.05, 0) is 43.2 Å². The molecule has 1 unspecified atom stereocenters. The number of aliphatic carboxylic acids is 1. The first kappa shape index (κ1) is 20.1. The third kappa shape index (κ3) is 4.43. The zero-order valence-corrected chi connectivity index (χ0v) is 17.0. The number of thiocarbonyl (C=S) groups is 1. The number of benzene rings is 2. The SMILES string of the molecule is CC(C)Oc1cccc(/C=C2/SC(=S)N(C(C(=O)O)c3ccccc3)C2=O)c1. The number of amides is 1. The summed E-state index contributed by atoms with van der Waals surface area (Å²) >= 11 is 6.43.